The Kier molecular flexibility index (Phi) is 7.51. The average molecular weight is 439 g/mol. The topological polar surface area (TPSA) is 95.9 Å². The summed E-state index contributed by atoms with van der Waals surface area (Å²) in [7, 11) is 1.41. The number of fused-ring (bicyclic) bond motifs is 3. The van der Waals surface area contributed by atoms with Crippen molar-refractivity contribution in [2.75, 3.05) is 20.2 Å². The van der Waals surface area contributed by atoms with Crippen molar-refractivity contribution in [2.24, 2.45) is 5.92 Å². The molecule has 7 heteroatoms. The van der Waals surface area contributed by atoms with Crippen molar-refractivity contribution >= 4 is 18.0 Å². The van der Waals surface area contributed by atoms with Gasteiger partial charge in [0.2, 0.25) is 5.91 Å². The number of benzene rings is 2. The highest BCUT2D eigenvalue weighted by atomic mass is 16.5. The first kappa shape index (κ1) is 23.3. The third-order valence-corrected chi connectivity index (χ3v) is 5.72. The summed E-state index contributed by atoms with van der Waals surface area (Å²) in [5.74, 6) is -1.29. The smallest absolute Gasteiger partial charge is 0.407 e. The minimum atomic E-state index is -1.11. The number of amides is 2. The highest BCUT2D eigenvalue weighted by Gasteiger charge is 2.30. The van der Waals surface area contributed by atoms with Gasteiger partial charge in [-0.05, 0) is 41.0 Å². The molecule has 2 N–H and O–H groups in total. The van der Waals surface area contributed by atoms with Gasteiger partial charge in [-0.15, -0.1) is 0 Å². The van der Waals surface area contributed by atoms with Crippen LogP contribution < -0.4 is 5.32 Å². The van der Waals surface area contributed by atoms with Gasteiger partial charge >= 0.3 is 12.1 Å². The van der Waals surface area contributed by atoms with Gasteiger partial charge < -0.3 is 20.1 Å². The van der Waals surface area contributed by atoms with Crippen molar-refractivity contribution in [3.05, 3.63) is 59.7 Å². The number of rotatable bonds is 9. The lowest BCUT2D eigenvalue weighted by atomic mass is 9.98. The van der Waals surface area contributed by atoms with E-state index < -0.39 is 30.6 Å². The summed E-state index contributed by atoms with van der Waals surface area (Å²) >= 11 is 0. The van der Waals surface area contributed by atoms with Crippen molar-refractivity contribution < 1.29 is 24.2 Å². The van der Waals surface area contributed by atoms with Gasteiger partial charge in [0.25, 0.3) is 0 Å². The second-order valence-electron chi connectivity index (χ2n) is 8.58. The maximum atomic E-state index is 12.7. The zero-order valence-corrected chi connectivity index (χ0v) is 18.7. The maximum absolute atomic E-state index is 12.7. The number of carboxylic acids is 1. The molecule has 0 aromatic heterocycles. The highest BCUT2D eigenvalue weighted by Crippen LogP contribution is 2.44. The SMILES string of the molecule is CC(C)CCC(NC(=O)OCC1c2ccccc2-c2ccccc21)C(=O)N(C)CC(=O)O. The quantitative estimate of drug-likeness (QED) is 0.620. The maximum Gasteiger partial charge on any atom is 0.407 e. The van der Waals surface area contributed by atoms with E-state index in [0.717, 1.165) is 27.2 Å². The Morgan fingerprint density at radius 3 is 2.09 bits per heavy atom. The predicted molar refractivity (Wildman–Crippen MR) is 121 cm³/mol. The van der Waals surface area contributed by atoms with Crippen LogP contribution in [0.15, 0.2) is 48.5 Å². The minimum Gasteiger partial charge on any atom is -0.480 e. The fourth-order valence-electron chi connectivity index (χ4n) is 4.09. The molecule has 2 amide bonds. The number of likely N-dealkylation sites (N-methyl/N-ethyl adjacent to an activating group) is 1. The van der Waals surface area contributed by atoms with Gasteiger partial charge in [-0.2, -0.15) is 0 Å². The molecular weight excluding hydrogens is 408 g/mol. The number of ether oxygens (including phenoxy) is 1. The van der Waals surface area contributed by atoms with E-state index in [1.165, 1.54) is 7.05 Å². The lowest BCUT2D eigenvalue weighted by Crippen LogP contribution is -2.48. The second-order valence-corrected chi connectivity index (χ2v) is 8.58. The van der Waals surface area contributed by atoms with Crippen LogP contribution in [0, 0.1) is 5.92 Å². The molecule has 7 nitrogen and oxygen atoms in total. The number of nitrogens with one attached hydrogen (secondary N) is 1. The molecule has 32 heavy (non-hydrogen) atoms. The summed E-state index contributed by atoms with van der Waals surface area (Å²) in [6, 6.07) is 15.3. The zero-order valence-electron chi connectivity index (χ0n) is 18.7. The molecule has 2 aromatic rings. The van der Waals surface area contributed by atoms with Crippen LogP contribution in [0.25, 0.3) is 11.1 Å². The molecule has 0 saturated heterocycles. The number of aliphatic carboxylic acids is 1. The zero-order chi connectivity index (χ0) is 23.3. The van der Waals surface area contributed by atoms with Crippen LogP contribution in [0.4, 0.5) is 4.79 Å². The van der Waals surface area contributed by atoms with Gasteiger partial charge in [-0.3, -0.25) is 9.59 Å². The first-order valence-electron chi connectivity index (χ1n) is 10.9. The number of alkyl carbamates (subject to hydrolysis) is 1. The molecule has 0 heterocycles. The van der Waals surface area contributed by atoms with Crippen LogP contribution in [-0.4, -0.2) is 54.2 Å². The Labute approximate surface area is 188 Å². The first-order valence-corrected chi connectivity index (χ1v) is 10.9. The summed E-state index contributed by atoms with van der Waals surface area (Å²) in [6.45, 7) is 3.77. The van der Waals surface area contributed by atoms with Gasteiger partial charge in [0.1, 0.15) is 19.2 Å². The number of carboxylic acid groups (broad SMARTS) is 1. The number of hydrogen-bond donors (Lipinski definition) is 2. The van der Waals surface area contributed by atoms with Crippen molar-refractivity contribution in [3.63, 3.8) is 0 Å². The molecule has 1 unspecified atom stereocenters. The lowest BCUT2D eigenvalue weighted by molar-refractivity contribution is -0.144. The van der Waals surface area contributed by atoms with E-state index in [-0.39, 0.29) is 12.5 Å². The van der Waals surface area contributed by atoms with E-state index in [2.05, 4.69) is 17.4 Å². The van der Waals surface area contributed by atoms with Crippen LogP contribution >= 0.6 is 0 Å². The minimum absolute atomic E-state index is 0.0763. The van der Waals surface area contributed by atoms with E-state index >= 15 is 0 Å². The third kappa shape index (κ3) is 5.46. The van der Waals surface area contributed by atoms with Gasteiger partial charge in [-0.25, -0.2) is 4.79 Å². The summed E-state index contributed by atoms with van der Waals surface area (Å²) in [6.07, 6.45) is 0.434. The second kappa shape index (κ2) is 10.3. The molecule has 0 radical (unpaired) electrons. The molecule has 0 spiro atoms. The van der Waals surface area contributed by atoms with Gasteiger partial charge in [0, 0.05) is 13.0 Å². The number of carbonyl (C=O) groups excluding carboxylic acids is 2. The molecule has 0 saturated carbocycles. The Balaban J connectivity index is 1.67. The molecule has 1 aliphatic carbocycles. The largest absolute Gasteiger partial charge is 0.480 e. The summed E-state index contributed by atoms with van der Waals surface area (Å²) in [5, 5.41) is 11.6. The third-order valence-electron chi connectivity index (χ3n) is 5.72. The van der Waals surface area contributed by atoms with Gasteiger partial charge in [-0.1, -0.05) is 62.4 Å². The fourth-order valence-corrected chi connectivity index (χ4v) is 4.09. The molecule has 0 fully saturated rings. The molecule has 0 aliphatic heterocycles. The molecule has 1 atom stereocenters. The van der Waals surface area contributed by atoms with Crippen LogP contribution in [0.5, 0.6) is 0 Å². The van der Waals surface area contributed by atoms with Crippen molar-refractivity contribution in [1.29, 1.82) is 0 Å². The van der Waals surface area contributed by atoms with E-state index in [0.29, 0.717) is 18.8 Å². The van der Waals surface area contributed by atoms with Crippen LogP contribution in [-0.2, 0) is 14.3 Å². The average Bonchev–Trinajstić information content (AvgIpc) is 3.08. The summed E-state index contributed by atoms with van der Waals surface area (Å²) in [4.78, 5) is 37.4. The van der Waals surface area contributed by atoms with Gasteiger partial charge in [0.05, 0.1) is 0 Å². The fraction of sp³-hybridized carbons (Fsp3) is 0.400. The van der Waals surface area contributed by atoms with E-state index in [4.69, 9.17) is 9.84 Å². The Bertz CT molecular complexity index is 942. The molecule has 3 rings (SSSR count). The normalized spacial score (nSPS) is 13.2. The molecule has 170 valence electrons. The molecule has 2 aromatic carbocycles. The summed E-state index contributed by atoms with van der Waals surface area (Å²) < 4.78 is 5.55. The van der Waals surface area contributed by atoms with Crippen molar-refractivity contribution in [2.45, 2.75) is 38.6 Å². The number of hydrogen-bond acceptors (Lipinski definition) is 4. The molecule has 0 bridgehead atoms. The van der Waals surface area contributed by atoms with E-state index in [9.17, 15) is 14.4 Å². The van der Waals surface area contributed by atoms with Gasteiger partial charge in [0.15, 0.2) is 0 Å². The number of nitrogens with zero attached hydrogens (tertiary/aromatic N) is 1. The Hall–Kier alpha value is -3.35. The Morgan fingerprint density at radius 1 is 1.00 bits per heavy atom. The lowest BCUT2D eigenvalue weighted by Gasteiger charge is -2.24. The van der Waals surface area contributed by atoms with E-state index in [1.807, 2.05) is 50.2 Å². The Morgan fingerprint density at radius 2 is 1.56 bits per heavy atom. The van der Waals surface area contributed by atoms with Crippen molar-refractivity contribution in [3.8, 4) is 11.1 Å². The first-order chi connectivity index (χ1) is 15.3. The highest BCUT2D eigenvalue weighted by molar-refractivity contribution is 5.88. The monoisotopic (exact) mass is 438 g/mol. The predicted octanol–water partition coefficient (Wildman–Crippen LogP) is 3.87. The van der Waals surface area contributed by atoms with Crippen LogP contribution in [0.2, 0.25) is 0 Å². The van der Waals surface area contributed by atoms with Crippen LogP contribution in [0.1, 0.15) is 43.7 Å². The van der Waals surface area contributed by atoms with Crippen molar-refractivity contribution in [1.82, 2.24) is 10.2 Å². The molecular formula is C25H30N2O5. The van der Waals surface area contributed by atoms with Crippen LogP contribution in [0.3, 0.4) is 0 Å². The number of carbonyl (C=O) groups is 3. The summed E-state index contributed by atoms with van der Waals surface area (Å²) in [5.41, 5.74) is 4.49. The molecule has 1 aliphatic rings. The standard InChI is InChI=1S/C25H30N2O5/c1-16(2)12-13-22(24(30)27(3)14-23(28)29)26-25(31)32-15-21-19-10-6-4-8-17(19)18-9-5-7-11-20(18)21/h4-11,16,21-22H,12-15H2,1-3H3,(H,26,31)(H,28,29). The van der Waals surface area contributed by atoms with E-state index in [1.54, 1.807) is 0 Å².